The second-order valence-electron chi connectivity index (χ2n) is 4.61. The van der Waals surface area contributed by atoms with Gasteiger partial charge in [0.2, 0.25) is 0 Å². The lowest BCUT2D eigenvalue weighted by Gasteiger charge is -2.24. The van der Waals surface area contributed by atoms with Gasteiger partial charge >= 0.3 is 6.18 Å². The fourth-order valence-electron chi connectivity index (χ4n) is 1.99. The summed E-state index contributed by atoms with van der Waals surface area (Å²) in [6.45, 7) is 4.84. The van der Waals surface area contributed by atoms with Crippen molar-refractivity contribution in [3.05, 3.63) is 35.4 Å². The zero-order chi connectivity index (χ0) is 14.5. The molecule has 5 heteroatoms. The van der Waals surface area contributed by atoms with Crippen molar-refractivity contribution in [1.82, 2.24) is 5.32 Å². The van der Waals surface area contributed by atoms with E-state index in [-0.39, 0.29) is 12.0 Å². The van der Waals surface area contributed by atoms with E-state index < -0.39 is 11.7 Å². The molecule has 2 unspecified atom stereocenters. The lowest BCUT2D eigenvalue weighted by molar-refractivity contribution is -0.138. The van der Waals surface area contributed by atoms with E-state index >= 15 is 0 Å². The van der Waals surface area contributed by atoms with Crippen molar-refractivity contribution in [3.8, 4) is 0 Å². The van der Waals surface area contributed by atoms with Gasteiger partial charge in [-0.15, -0.1) is 0 Å². The Balaban J connectivity index is 2.84. The molecule has 108 valence electrons. The normalized spacial score (nSPS) is 15.3. The van der Waals surface area contributed by atoms with Gasteiger partial charge in [-0.3, -0.25) is 0 Å². The zero-order valence-electron chi connectivity index (χ0n) is 11.4. The standard InChI is InChI=1S/C14H20F3NO/c1-10(11(2)18-8-9-19-3)12-6-4-5-7-13(12)14(15,16)17/h4-7,10-11,18H,8-9H2,1-3H3. The topological polar surface area (TPSA) is 21.3 Å². The molecule has 0 heterocycles. The van der Waals surface area contributed by atoms with Crippen molar-refractivity contribution in [2.75, 3.05) is 20.3 Å². The first-order valence-electron chi connectivity index (χ1n) is 6.26. The van der Waals surface area contributed by atoms with Gasteiger partial charge in [0.25, 0.3) is 0 Å². The molecule has 0 radical (unpaired) electrons. The molecule has 19 heavy (non-hydrogen) atoms. The maximum Gasteiger partial charge on any atom is 0.416 e. The summed E-state index contributed by atoms with van der Waals surface area (Å²) in [7, 11) is 1.59. The third kappa shape index (κ3) is 4.51. The molecular formula is C14H20F3NO. The molecule has 0 aliphatic rings. The number of hydrogen-bond acceptors (Lipinski definition) is 2. The Labute approximate surface area is 112 Å². The molecule has 0 bridgehead atoms. The molecular weight excluding hydrogens is 255 g/mol. The van der Waals surface area contributed by atoms with Crippen LogP contribution in [0.25, 0.3) is 0 Å². The second kappa shape index (κ2) is 6.91. The fraction of sp³-hybridized carbons (Fsp3) is 0.571. The van der Waals surface area contributed by atoms with Crippen molar-refractivity contribution < 1.29 is 17.9 Å². The van der Waals surface area contributed by atoms with Crippen molar-refractivity contribution in [3.63, 3.8) is 0 Å². The van der Waals surface area contributed by atoms with E-state index in [1.165, 1.54) is 6.07 Å². The summed E-state index contributed by atoms with van der Waals surface area (Å²) >= 11 is 0. The van der Waals surface area contributed by atoms with Crippen LogP contribution in [-0.2, 0) is 10.9 Å². The van der Waals surface area contributed by atoms with Gasteiger partial charge in [-0.25, -0.2) is 0 Å². The molecule has 0 aromatic heterocycles. The van der Waals surface area contributed by atoms with Gasteiger partial charge in [-0.2, -0.15) is 13.2 Å². The van der Waals surface area contributed by atoms with Crippen LogP contribution in [0.5, 0.6) is 0 Å². The predicted molar refractivity (Wildman–Crippen MR) is 69.2 cm³/mol. The zero-order valence-corrected chi connectivity index (χ0v) is 11.4. The summed E-state index contributed by atoms with van der Waals surface area (Å²) in [5.41, 5.74) is -0.227. The number of methoxy groups -OCH3 is 1. The average molecular weight is 275 g/mol. The van der Waals surface area contributed by atoms with Crippen LogP contribution in [0.1, 0.15) is 30.9 Å². The monoisotopic (exact) mass is 275 g/mol. The van der Waals surface area contributed by atoms with E-state index in [0.717, 1.165) is 6.07 Å². The van der Waals surface area contributed by atoms with Gasteiger partial charge in [-0.1, -0.05) is 25.1 Å². The minimum atomic E-state index is -4.31. The highest BCUT2D eigenvalue weighted by Gasteiger charge is 2.34. The van der Waals surface area contributed by atoms with Crippen LogP contribution in [0.4, 0.5) is 13.2 Å². The Morgan fingerprint density at radius 3 is 2.42 bits per heavy atom. The minimum Gasteiger partial charge on any atom is -0.383 e. The highest BCUT2D eigenvalue weighted by molar-refractivity contribution is 5.33. The first-order chi connectivity index (χ1) is 8.88. The fourth-order valence-corrected chi connectivity index (χ4v) is 1.99. The number of nitrogens with one attached hydrogen (secondary N) is 1. The maximum absolute atomic E-state index is 12.9. The van der Waals surface area contributed by atoms with E-state index in [9.17, 15) is 13.2 Å². The number of alkyl halides is 3. The Morgan fingerprint density at radius 2 is 1.84 bits per heavy atom. The quantitative estimate of drug-likeness (QED) is 0.803. The van der Waals surface area contributed by atoms with Crippen molar-refractivity contribution >= 4 is 0 Å². The molecule has 1 N–H and O–H groups in total. The van der Waals surface area contributed by atoms with E-state index in [1.807, 2.05) is 6.92 Å². The Morgan fingerprint density at radius 1 is 1.21 bits per heavy atom. The van der Waals surface area contributed by atoms with Gasteiger partial charge in [0.1, 0.15) is 0 Å². The predicted octanol–water partition coefficient (Wildman–Crippen LogP) is 3.43. The number of hydrogen-bond donors (Lipinski definition) is 1. The molecule has 1 aromatic rings. The smallest absolute Gasteiger partial charge is 0.383 e. The molecule has 0 fully saturated rings. The largest absolute Gasteiger partial charge is 0.416 e. The van der Waals surface area contributed by atoms with Crippen LogP contribution in [0, 0.1) is 0 Å². The highest BCUT2D eigenvalue weighted by atomic mass is 19.4. The van der Waals surface area contributed by atoms with Crippen LogP contribution in [0.2, 0.25) is 0 Å². The van der Waals surface area contributed by atoms with Crippen LogP contribution in [0.3, 0.4) is 0 Å². The molecule has 0 spiro atoms. The van der Waals surface area contributed by atoms with Gasteiger partial charge in [-0.05, 0) is 24.5 Å². The van der Waals surface area contributed by atoms with Crippen molar-refractivity contribution in [1.29, 1.82) is 0 Å². The van der Waals surface area contributed by atoms with Crippen molar-refractivity contribution in [2.24, 2.45) is 0 Å². The number of halogens is 3. The van der Waals surface area contributed by atoms with E-state index in [4.69, 9.17) is 4.74 Å². The summed E-state index contributed by atoms with van der Waals surface area (Å²) < 4.78 is 43.7. The molecule has 2 atom stereocenters. The average Bonchev–Trinajstić information content (AvgIpc) is 2.37. The SMILES string of the molecule is COCCNC(C)C(C)c1ccccc1C(F)(F)F. The van der Waals surface area contributed by atoms with Crippen LogP contribution >= 0.6 is 0 Å². The minimum absolute atomic E-state index is 0.0568. The van der Waals surface area contributed by atoms with Crippen LogP contribution in [0.15, 0.2) is 24.3 Å². The first-order valence-corrected chi connectivity index (χ1v) is 6.26. The number of ether oxygens (including phenoxy) is 1. The molecule has 0 saturated heterocycles. The Bertz CT molecular complexity index is 393. The molecule has 1 aromatic carbocycles. The maximum atomic E-state index is 12.9. The second-order valence-corrected chi connectivity index (χ2v) is 4.61. The van der Waals surface area contributed by atoms with E-state index in [2.05, 4.69) is 5.32 Å². The third-order valence-electron chi connectivity index (χ3n) is 3.28. The summed E-state index contributed by atoms with van der Waals surface area (Å²) in [4.78, 5) is 0. The molecule has 0 saturated carbocycles. The van der Waals surface area contributed by atoms with E-state index in [1.54, 1.807) is 26.2 Å². The summed E-state index contributed by atoms with van der Waals surface area (Å²) in [6.07, 6.45) is -4.31. The molecule has 1 rings (SSSR count). The molecule has 0 amide bonds. The number of rotatable bonds is 6. The number of benzene rings is 1. The van der Waals surface area contributed by atoms with Gasteiger partial charge in [0.15, 0.2) is 0 Å². The third-order valence-corrected chi connectivity index (χ3v) is 3.28. The lowest BCUT2D eigenvalue weighted by atomic mass is 9.90. The molecule has 0 aliphatic heterocycles. The molecule has 0 aliphatic carbocycles. The van der Waals surface area contributed by atoms with Crippen molar-refractivity contribution in [2.45, 2.75) is 32.0 Å². The van der Waals surface area contributed by atoms with Gasteiger partial charge in [0, 0.05) is 19.7 Å². The van der Waals surface area contributed by atoms with Gasteiger partial charge < -0.3 is 10.1 Å². The molecule has 2 nitrogen and oxygen atoms in total. The Hall–Kier alpha value is -1.07. The summed E-state index contributed by atoms with van der Waals surface area (Å²) in [6, 6.07) is 5.68. The van der Waals surface area contributed by atoms with Crippen LogP contribution in [-0.4, -0.2) is 26.3 Å². The lowest BCUT2D eigenvalue weighted by Crippen LogP contribution is -2.34. The summed E-state index contributed by atoms with van der Waals surface area (Å²) in [5.74, 6) is -0.227. The van der Waals surface area contributed by atoms with Crippen LogP contribution < -0.4 is 5.32 Å². The van der Waals surface area contributed by atoms with Gasteiger partial charge in [0.05, 0.1) is 12.2 Å². The first kappa shape index (κ1) is 16.0. The Kier molecular flexibility index (Phi) is 5.82. The summed E-state index contributed by atoms with van der Waals surface area (Å²) in [5, 5.41) is 3.17. The van der Waals surface area contributed by atoms with E-state index in [0.29, 0.717) is 18.7 Å². The highest BCUT2D eigenvalue weighted by Crippen LogP contribution is 2.35.